The molecule has 0 aliphatic heterocycles. The van der Waals surface area contributed by atoms with Crippen LogP contribution in [0.2, 0.25) is 0 Å². The molecule has 0 unspecified atom stereocenters. The first kappa shape index (κ1) is 16.6. The predicted octanol–water partition coefficient (Wildman–Crippen LogP) is 0.990. The molecule has 0 aromatic heterocycles. The number of carboxylic acid groups (broad SMARTS) is 1. The zero-order valence-electron chi connectivity index (χ0n) is 11.7. The molecule has 0 bridgehead atoms. The lowest BCUT2D eigenvalue weighted by Gasteiger charge is -2.19. The molecule has 0 amide bonds. The Hall–Kier alpha value is -1.44. The van der Waals surface area contributed by atoms with Crippen molar-refractivity contribution in [2.75, 3.05) is 13.1 Å². The summed E-state index contributed by atoms with van der Waals surface area (Å²) in [5.74, 6) is -0.941. The number of hydrogen-bond acceptors (Lipinski definition) is 3. The van der Waals surface area contributed by atoms with Crippen LogP contribution in [0.5, 0.6) is 0 Å². The number of benzene rings is 1. The van der Waals surface area contributed by atoms with Gasteiger partial charge in [0.2, 0.25) is 0 Å². The highest BCUT2D eigenvalue weighted by Gasteiger charge is 2.18. The fourth-order valence-corrected chi connectivity index (χ4v) is 3.09. The Morgan fingerprint density at radius 3 is 2.25 bits per heavy atom. The highest BCUT2D eigenvalue weighted by atomic mass is 32.2. The van der Waals surface area contributed by atoms with Crippen molar-refractivity contribution in [1.82, 2.24) is 9.03 Å². The van der Waals surface area contributed by atoms with Gasteiger partial charge >= 0.3 is 5.97 Å². The van der Waals surface area contributed by atoms with E-state index in [0.717, 1.165) is 0 Å². The summed E-state index contributed by atoms with van der Waals surface area (Å²) in [6.45, 7) is 4.40. The number of rotatable bonds is 8. The summed E-state index contributed by atoms with van der Waals surface area (Å²) in [4.78, 5) is 10.8. The number of nitrogens with one attached hydrogen (secondary N) is 1. The van der Waals surface area contributed by atoms with Crippen LogP contribution in [0.25, 0.3) is 0 Å². The summed E-state index contributed by atoms with van der Waals surface area (Å²) in [5, 5.41) is 8.84. The van der Waals surface area contributed by atoms with Crippen molar-refractivity contribution in [2.45, 2.75) is 26.8 Å². The minimum atomic E-state index is -3.53. The highest BCUT2D eigenvalue weighted by Crippen LogP contribution is 2.10. The molecule has 1 aromatic rings. The van der Waals surface area contributed by atoms with Crippen molar-refractivity contribution in [2.24, 2.45) is 0 Å². The Labute approximate surface area is 119 Å². The lowest BCUT2D eigenvalue weighted by molar-refractivity contribution is -0.136. The molecular weight excluding hydrogens is 280 g/mol. The Kier molecular flexibility index (Phi) is 6.12. The second-order valence-electron chi connectivity index (χ2n) is 4.25. The van der Waals surface area contributed by atoms with Gasteiger partial charge in [0.05, 0.1) is 6.42 Å². The summed E-state index contributed by atoms with van der Waals surface area (Å²) in [6.07, 6.45) is -0.122. The monoisotopic (exact) mass is 300 g/mol. The average molecular weight is 300 g/mol. The Balaban J connectivity index is 2.82. The zero-order chi connectivity index (χ0) is 15.2. The second-order valence-corrected chi connectivity index (χ2v) is 6.00. The molecule has 20 heavy (non-hydrogen) atoms. The first-order valence-corrected chi connectivity index (χ1v) is 7.88. The Morgan fingerprint density at radius 1 is 1.20 bits per heavy atom. The minimum Gasteiger partial charge on any atom is -0.481 e. The molecule has 0 aliphatic carbocycles. The minimum absolute atomic E-state index is 0.0856. The lowest BCUT2D eigenvalue weighted by atomic mass is 10.1. The molecule has 112 valence electrons. The smallest absolute Gasteiger partial charge is 0.307 e. The van der Waals surface area contributed by atoms with E-state index < -0.39 is 16.2 Å². The maximum Gasteiger partial charge on any atom is 0.307 e. The van der Waals surface area contributed by atoms with E-state index in [9.17, 15) is 13.2 Å². The van der Waals surface area contributed by atoms with E-state index in [0.29, 0.717) is 24.2 Å². The van der Waals surface area contributed by atoms with Gasteiger partial charge in [-0.05, 0) is 11.1 Å². The van der Waals surface area contributed by atoms with Crippen LogP contribution in [0.3, 0.4) is 0 Å². The predicted molar refractivity (Wildman–Crippen MR) is 76.5 cm³/mol. The largest absolute Gasteiger partial charge is 0.481 e. The number of hydrogen-bond donors (Lipinski definition) is 2. The van der Waals surface area contributed by atoms with Crippen LogP contribution >= 0.6 is 0 Å². The molecular formula is C13H20N2O4S. The highest BCUT2D eigenvalue weighted by molar-refractivity contribution is 7.87. The van der Waals surface area contributed by atoms with Crippen molar-refractivity contribution >= 4 is 16.2 Å². The first-order valence-electron chi connectivity index (χ1n) is 6.44. The Morgan fingerprint density at radius 2 is 1.75 bits per heavy atom. The molecule has 0 saturated heterocycles. The van der Waals surface area contributed by atoms with Crippen LogP contribution in [0.4, 0.5) is 0 Å². The molecule has 0 fully saturated rings. The summed E-state index contributed by atoms with van der Waals surface area (Å²) in [7, 11) is -3.53. The molecule has 6 nitrogen and oxygen atoms in total. The van der Waals surface area contributed by atoms with E-state index in [1.54, 1.807) is 38.1 Å². The van der Waals surface area contributed by atoms with Crippen LogP contribution < -0.4 is 4.72 Å². The second kappa shape index (κ2) is 7.37. The topological polar surface area (TPSA) is 86.7 Å². The molecule has 0 radical (unpaired) electrons. The SMILES string of the molecule is CCN(CC)S(=O)(=O)NCc1ccccc1CC(=O)O. The van der Waals surface area contributed by atoms with Crippen molar-refractivity contribution in [1.29, 1.82) is 0 Å². The average Bonchev–Trinajstić information content (AvgIpc) is 2.38. The molecule has 1 rings (SSSR count). The fourth-order valence-electron chi connectivity index (χ4n) is 1.89. The van der Waals surface area contributed by atoms with Gasteiger partial charge in [0.15, 0.2) is 0 Å². The number of nitrogens with zero attached hydrogens (tertiary/aromatic N) is 1. The number of aliphatic carboxylic acids is 1. The van der Waals surface area contributed by atoms with Gasteiger partial charge in [0, 0.05) is 19.6 Å². The van der Waals surface area contributed by atoms with Crippen LogP contribution in [0.15, 0.2) is 24.3 Å². The fraction of sp³-hybridized carbons (Fsp3) is 0.462. The normalized spacial score (nSPS) is 11.8. The van der Waals surface area contributed by atoms with E-state index in [2.05, 4.69) is 4.72 Å². The molecule has 1 aromatic carbocycles. The van der Waals surface area contributed by atoms with Gasteiger partial charge in [-0.25, -0.2) is 0 Å². The number of carbonyl (C=O) groups is 1. The van der Waals surface area contributed by atoms with Gasteiger partial charge in [0.25, 0.3) is 10.2 Å². The van der Waals surface area contributed by atoms with Crippen LogP contribution in [-0.4, -0.2) is 36.9 Å². The molecule has 0 heterocycles. The third kappa shape index (κ3) is 4.59. The number of carboxylic acids is 1. The van der Waals surface area contributed by atoms with Gasteiger partial charge in [-0.15, -0.1) is 0 Å². The third-order valence-corrected chi connectivity index (χ3v) is 4.66. The van der Waals surface area contributed by atoms with Gasteiger partial charge in [-0.2, -0.15) is 17.4 Å². The van der Waals surface area contributed by atoms with Crippen LogP contribution in [-0.2, 0) is 28.0 Å². The quantitative estimate of drug-likeness (QED) is 0.749. The zero-order valence-corrected chi connectivity index (χ0v) is 12.5. The molecule has 7 heteroatoms. The summed E-state index contributed by atoms with van der Waals surface area (Å²) in [6, 6.07) is 6.91. The van der Waals surface area contributed by atoms with Crippen molar-refractivity contribution in [3.63, 3.8) is 0 Å². The molecule has 2 N–H and O–H groups in total. The van der Waals surface area contributed by atoms with Gasteiger partial charge in [-0.1, -0.05) is 38.1 Å². The van der Waals surface area contributed by atoms with Crippen LogP contribution in [0.1, 0.15) is 25.0 Å². The molecule has 0 atom stereocenters. The van der Waals surface area contributed by atoms with Gasteiger partial charge < -0.3 is 5.11 Å². The molecule has 0 spiro atoms. The van der Waals surface area contributed by atoms with E-state index in [-0.39, 0.29) is 13.0 Å². The van der Waals surface area contributed by atoms with E-state index in [4.69, 9.17) is 5.11 Å². The molecule has 0 aliphatic rings. The summed E-state index contributed by atoms with van der Waals surface area (Å²) < 4.78 is 27.8. The maximum atomic E-state index is 12.0. The van der Waals surface area contributed by atoms with E-state index in [1.807, 2.05) is 0 Å². The lowest BCUT2D eigenvalue weighted by Crippen LogP contribution is -2.40. The van der Waals surface area contributed by atoms with Crippen LogP contribution in [0, 0.1) is 0 Å². The summed E-state index contributed by atoms with van der Waals surface area (Å²) >= 11 is 0. The Bertz CT molecular complexity index is 553. The van der Waals surface area contributed by atoms with Crippen molar-refractivity contribution in [3.8, 4) is 0 Å². The maximum absolute atomic E-state index is 12.0. The van der Waals surface area contributed by atoms with E-state index >= 15 is 0 Å². The van der Waals surface area contributed by atoms with Crippen molar-refractivity contribution in [3.05, 3.63) is 35.4 Å². The standard InChI is InChI=1S/C13H20N2O4S/c1-3-15(4-2)20(18,19)14-10-12-8-6-5-7-11(12)9-13(16)17/h5-8,14H,3-4,9-10H2,1-2H3,(H,16,17). The van der Waals surface area contributed by atoms with Gasteiger partial charge in [-0.3, -0.25) is 4.79 Å². The molecule has 0 saturated carbocycles. The van der Waals surface area contributed by atoms with E-state index in [1.165, 1.54) is 4.31 Å². The van der Waals surface area contributed by atoms with Gasteiger partial charge in [0.1, 0.15) is 0 Å². The summed E-state index contributed by atoms with van der Waals surface area (Å²) in [5.41, 5.74) is 1.29. The third-order valence-electron chi connectivity index (χ3n) is 2.95. The van der Waals surface area contributed by atoms with Crippen molar-refractivity contribution < 1.29 is 18.3 Å². The first-order chi connectivity index (χ1) is 9.40.